The second-order valence-corrected chi connectivity index (χ2v) is 5.13. The van der Waals surface area contributed by atoms with Gasteiger partial charge in [-0.25, -0.2) is 0 Å². The van der Waals surface area contributed by atoms with Crippen molar-refractivity contribution in [1.29, 1.82) is 0 Å². The number of hydrogen-bond donors (Lipinski definition) is 1. The molecule has 90 valence electrons. The predicted molar refractivity (Wildman–Crippen MR) is 64.2 cm³/mol. The van der Waals surface area contributed by atoms with Gasteiger partial charge in [0.1, 0.15) is 0 Å². The van der Waals surface area contributed by atoms with E-state index in [4.69, 9.17) is 4.74 Å². The summed E-state index contributed by atoms with van der Waals surface area (Å²) < 4.78 is 5.11. The smallest absolute Gasteiger partial charge is 0.0474 e. The van der Waals surface area contributed by atoms with Gasteiger partial charge >= 0.3 is 0 Å². The summed E-state index contributed by atoms with van der Waals surface area (Å²) in [7, 11) is 3.84. The Hall–Kier alpha value is -0.120. The van der Waals surface area contributed by atoms with Crippen molar-refractivity contribution in [2.45, 2.75) is 44.7 Å². The molecule has 0 saturated carbocycles. The van der Waals surface area contributed by atoms with Gasteiger partial charge in [-0.2, -0.15) is 0 Å². The van der Waals surface area contributed by atoms with E-state index >= 15 is 0 Å². The number of likely N-dealkylation sites (tertiary alicyclic amines) is 1. The maximum Gasteiger partial charge on any atom is 0.0474 e. The molecule has 3 heteroatoms. The minimum absolute atomic E-state index is 0.362. The lowest BCUT2D eigenvalue weighted by Crippen LogP contribution is -2.55. The molecule has 3 nitrogen and oxygen atoms in total. The lowest BCUT2D eigenvalue weighted by Gasteiger charge is -2.45. The van der Waals surface area contributed by atoms with Crippen LogP contribution in [0.1, 0.15) is 33.1 Å². The van der Waals surface area contributed by atoms with Gasteiger partial charge in [0.15, 0.2) is 0 Å². The van der Waals surface area contributed by atoms with E-state index < -0.39 is 0 Å². The van der Waals surface area contributed by atoms with Crippen LogP contribution in [0.5, 0.6) is 0 Å². The normalized spacial score (nSPS) is 26.8. The molecule has 1 N–H and O–H groups in total. The summed E-state index contributed by atoms with van der Waals surface area (Å²) in [5.74, 6) is 0. The molecule has 1 unspecified atom stereocenters. The fraction of sp³-hybridized carbons (Fsp3) is 1.00. The summed E-state index contributed by atoms with van der Waals surface area (Å²) in [6.07, 6.45) is 3.71. The van der Waals surface area contributed by atoms with Crippen LogP contribution in [0.4, 0.5) is 0 Å². The zero-order valence-electron chi connectivity index (χ0n) is 10.7. The lowest BCUT2D eigenvalue weighted by atomic mass is 9.88. The summed E-state index contributed by atoms with van der Waals surface area (Å²) in [6.45, 7) is 7.90. The van der Waals surface area contributed by atoms with E-state index in [1.165, 1.54) is 19.4 Å². The molecule has 1 rings (SSSR count). The zero-order chi connectivity index (χ0) is 11.3. The first-order chi connectivity index (χ1) is 7.10. The molecule has 1 aliphatic heterocycles. The molecule has 1 heterocycles. The predicted octanol–water partition coefficient (Wildman–Crippen LogP) is 1.49. The van der Waals surface area contributed by atoms with Crippen LogP contribution in [0.25, 0.3) is 0 Å². The topological polar surface area (TPSA) is 24.5 Å². The number of piperidine rings is 1. The first kappa shape index (κ1) is 12.9. The van der Waals surface area contributed by atoms with Gasteiger partial charge in [0.05, 0.1) is 0 Å². The van der Waals surface area contributed by atoms with Crippen molar-refractivity contribution in [2.75, 3.05) is 33.9 Å². The highest BCUT2D eigenvalue weighted by molar-refractivity contribution is 4.90. The molecule has 1 fully saturated rings. The number of methoxy groups -OCH3 is 1. The third-order valence-electron chi connectivity index (χ3n) is 3.59. The highest BCUT2D eigenvalue weighted by atomic mass is 16.5. The van der Waals surface area contributed by atoms with E-state index in [0.29, 0.717) is 11.6 Å². The van der Waals surface area contributed by atoms with Crippen LogP contribution in [0.3, 0.4) is 0 Å². The van der Waals surface area contributed by atoms with E-state index in [9.17, 15) is 0 Å². The van der Waals surface area contributed by atoms with Crippen molar-refractivity contribution in [2.24, 2.45) is 0 Å². The van der Waals surface area contributed by atoms with Crippen LogP contribution in [0.15, 0.2) is 0 Å². The second-order valence-electron chi connectivity index (χ2n) is 5.13. The molecule has 0 spiro atoms. The Kier molecular flexibility index (Phi) is 5.03. The van der Waals surface area contributed by atoms with Crippen LogP contribution in [-0.2, 0) is 4.74 Å². The minimum atomic E-state index is 0.362. The number of nitrogens with zero attached hydrogens (tertiary/aromatic N) is 1. The van der Waals surface area contributed by atoms with E-state index in [0.717, 1.165) is 19.6 Å². The second kappa shape index (κ2) is 5.83. The Balaban J connectivity index is 2.41. The van der Waals surface area contributed by atoms with E-state index in [1.54, 1.807) is 7.11 Å². The van der Waals surface area contributed by atoms with Gasteiger partial charge in [0, 0.05) is 38.4 Å². The van der Waals surface area contributed by atoms with Gasteiger partial charge in [-0.15, -0.1) is 0 Å². The molecule has 15 heavy (non-hydrogen) atoms. The van der Waals surface area contributed by atoms with Gasteiger partial charge in [-0.1, -0.05) is 0 Å². The van der Waals surface area contributed by atoms with Crippen molar-refractivity contribution in [3.63, 3.8) is 0 Å². The first-order valence-electron chi connectivity index (χ1n) is 6.01. The quantitative estimate of drug-likeness (QED) is 0.702. The summed E-state index contributed by atoms with van der Waals surface area (Å²) in [5.41, 5.74) is 0.362. The third kappa shape index (κ3) is 3.74. The fourth-order valence-electron chi connectivity index (χ4n) is 2.32. The standard InChI is InChI=1S/C12H26N2O/c1-12(2)7-6-11(13-3)10-14(12)8-5-9-15-4/h11,13H,5-10H2,1-4H3. The SMILES string of the molecule is CNC1CCC(C)(C)N(CCCOC)C1. The Labute approximate surface area is 94.2 Å². The first-order valence-corrected chi connectivity index (χ1v) is 6.01. The Morgan fingerprint density at radius 1 is 1.47 bits per heavy atom. The van der Waals surface area contributed by atoms with Crippen molar-refractivity contribution < 1.29 is 4.74 Å². The lowest BCUT2D eigenvalue weighted by molar-refractivity contribution is 0.0503. The fourth-order valence-corrected chi connectivity index (χ4v) is 2.32. The summed E-state index contributed by atoms with van der Waals surface area (Å²) in [6, 6.07) is 0.667. The van der Waals surface area contributed by atoms with Crippen LogP contribution in [-0.4, -0.2) is 50.3 Å². The third-order valence-corrected chi connectivity index (χ3v) is 3.59. The van der Waals surface area contributed by atoms with Crippen molar-refractivity contribution in [3.8, 4) is 0 Å². The van der Waals surface area contributed by atoms with E-state index in [1.807, 2.05) is 0 Å². The summed E-state index contributed by atoms with van der Waals surface area (Å²) in [5, 5.41) is 3.39. The maximum atomic E-state index is 5.11. The van der Waals surface area contributed by atoms with Gasteiger partial charge in [-0.05, 0) is 40.2 Å². The number of nitrogens with one attached hydrogen (secondary N) is 1. The molecule has 0 aromatic heterocycles. The molecule has 1 atom stereocenters. The largest absolute Gasteiger partial charge is 0.385 e. The maximum absolute atomic E-state index is 5.11. The molecule has 1 aliphatic rings. The van der Waals surface area contributed by atoms with Crippen molar-refractivity contribution >= 4 is 0 Å². The molecular formula is C12H26N2O. The average Bonchev–Trinajstić information content (AvgIpc) is 2.21. The number of hydrogen-bond acceptors (Lipinski definition) is 3. The van der Waals surface area contributed by atoms with Gasteiger partial charge < -0.3 is 10.1 Å². The van der Waals surface area contributed by atoms with Crippen LogP contribution < -0.4 is 5.32 Å². The van der Waals surface area contributed by atoms with Gasteiger partial charge in [0.2, 0.25) is 0 Å². The molecule has 0 aromatic carbocycles. The molecule has 1 saturated heterocycles. The number of ether oxygens (including phenoxy) is 1. The molecule has 0 radical (unpaired) electrons. The summed E-state index contributed by atoms with van der Waals surface area (Å²) >= 11 is 0. The highest BCUT2D eigenvalue weighted by Crippen LogP contribution is 2.27. The molecule has 0 bridgehead atoms. The van der Waals surface area contributed by atoms with E-state index in [2.05, 4.69) is 31.1 Å². The molecule has 0 aliphatic carbocycles. The minimum Gasteiger partial charge on any atom is -0.385 e. The highest BCUT2D eigenvalue weighted by Gasteiger charge is 2.32. The average molecular weight is 214 g/mol. The van der Waals surface area contributed by atoms with Crippen LogP contribution >= 0.6 is 0 Å². The molecular weight excluding hydrogens is 188 g/mol. The van der Waals surface area contributed by atoms with Gasteiger partial charge in [0.25, 0.3) is 0 Å². The number of likely N-dealkylation sites (N-methyl/N-ethyl adjacent to an activating group) is 1. The number of rotatable bonds is 5. The zero-order valence-corrected chi connectivity index (χ0v) is 10.7. The Morgan fingerprint density at radius 3 is 2.80 bits per heavy atom. The van der Waals surface area contributed by atoms with Gasteiger partial charge in [-0.3, -0.25) is 4.90 Å². The van der Waals surface area contributed by atoms with Crippen LogP contribution in [0.2, 0.25) is 0 Å². The monoisotopic (exact) mass is 214 g/mol. The Bertz CT molecular complexity index is 182. The molecule has 0 amide bonds. The van der Waals surface area contributed by atoms with Crippen molar-refractivity contribution in [3.05, 3.63) is 0 Å². The summed E-state index contributed by atoms with van der Waals surface area (Å²) in [4.78, 5) is 2.59. The van der Waals surface area contributed by atoms with Crippen LogP contribution in [0, 0.1) is 0 Å². The van der Waals surface area contributed by atoms with Crippen molar-refractivity contribution in [1.82, 2.24) is 10.2 Å². The molecule has 0 aromatic rings. The Morgan fingerprint density at radius 2 is 2.20 bits per heavy atom. The van der Waals surface area contributed by atoms with E-state index in [-0.39, 0.29) is 0 Å².